The van der Waals surface area contributed by atoms with Crippen molar-refractivity contribution in [3.8, 4) is 0 Å². The molecule has 2 aromatic rings. The summed E-state index contributed by atoms with van der Waals surface area (Å²) < 4.78 is 0. The van der Waals surface area contributed by atoms with Crippen molar-refractivity contribution in [1.82, 2.24) is 4.98 Å². The number of pyridine rings is 1. The molecular formula is C20H23N. The van der Waals surface area contributed by atoms with Gasteiger partial charge >= 0.3 is 0 Å². The van der Waals surface area contributed by atoms with Gasteiger partial charge in [-0.25, -0.2) is 0 Å². The van der Waals surface area contributed by atoms with Crippen LogP contribution < -0.4 is 0 Å². The average molecular weight is 277 g/mol. The second kappa shape index (κ2) is 12.4. The van der Waals surface area contributed by atoms with Gasteiger partial charge in [-0.15, -0.1) is 0 Å². The Morgan fingerprint density at radius 2 is 1.48 bits per heavy atom. The van der Waals surface area contributed by atoms with Crippen molar-refractivity contribution in [2.45, 2.75) is 6.92 Å². The van der Waals surface area contributed by atoms with Gasteiger partial charge in [-0.3, -0.25) is 4.98 Å². The molecule has 0 N–H and O–H groups in total. The fraction of sp³-hybridized carbons (Fsp3) is 0.0500. The first-order valence-electron chi connectivity index (χ1n) is 6.63. The normalized spacial score (nSPS) is 8.05. The number of hydrogen-bond donors (Lipinski definition) is 0. The summed E-state index contributed by atoms with van der Waals surface area (Å²) in [6.45, 7) is 16.1. The minimum atomic E-state index is 0.924. The van der Waals surface area contributed by atoms with Crippen molar-refractivity contribution in [3.05, 3.63) is 104 Å². The van der Waals surface area contributed by atoms with Gasteiger partial charge in [0.25, 0.3) is 0 Å². The molecule has 0 amide bonds. The monoisotopic (exact) mass is 277 g/mol. The van der Waals surface area contributed by atoms with Crippen LogP contribution in [0.25, 0.3) is 12.2 Å². The Bertz CT molecular complexity index is 495. The van der Waals surface area contributed by atoms with Crippen molar-refractivity contribution in [1.29, 1.82) is 0 Å². The van der Waals surface area contributed by atoms with E-state index < -0.39 is 0 Å². The van der Waals surface area contributed by atoms with Crippen molar-refractivity contribution in [3.63, 3.8) is 0 Å². The maximum atomic E-state index is 3.98. The van der Waals surface area contributed by atoms with E-state index in [9.17, 15) is 0 Å². The van der Waals surface area contributed by atoms with Crippen LogP contribution in [0.5, 0.6) is 0 Å². The Morgan fingerprint density at radius 1 is 0.905 bits per heavy atom. The maximum absolute atomic E-state index is 3.98. The molecule has 1 aromatic carbocycles. The van der Waals surface area contributed by atoms with Crippen LogP contribution in [0.1, 0.15) is 18.2 Å². The number of rotatable bonds is 3. The molecule has 0 spiro atoms. The Labute approximate surface area is 128 Å². The van der Waals surface area contributed by atoms with E-state index in [0.29, 0.717) is 0 Å². The zero-order valence-corrected chi connectivity index (χ0v) is 12.7. The second-order valence-electron chi connectivity index (χ2n) is 4.12. The van der Waals surface area contributed by atoms with E-state index in [1.54, 1.807) is 18.3 Å². The van der Waals surface area contributed by atoms with Crippen LogP contribution >= 0.6 is 0 Å². The lowest BCUT2D eigenvalue weighted by Gasteiger charge is -1.85. The SMILES string of the molecule is C=CC(=C)C.C=Cc1ccccc1.C=Cc1ccccn1. The summed E-state index contributed by atoms with van der Waals surface area (Å²) in [6, 6.07) is 15.8. The molecule has 0 fully saturated rings. The summed E-state index contributed by atoms with van der Waals surface area (Å²) in [5.74, 6) is 0. The number of nitrogens with zero attached hydrogens (tertiary/aromatic N) is 1. The highest BCUT2D eigenvalue weighted by atomic mass is 14.6. The molecule has 2 rings (SSSR count). The molecule has 0 saturated carbocycles. The van der Waals surface area contributed by atoms with E-state index in [1.165, 1.54) is 5.56 Å². The van der Waals surface area contributed by atoms with E-state index in [1.807, 2.05) is 61.5 Å². The fourth-order valence-electron chi connectivity index (χ4n) is 1.09. The summed E-state index contributed by atoms with van der Waals surface area (Å²) >= 11 is 0. The van der Waals surface area contributed by atoms with Crippen LogP contribution in [0.3, 0.4) is 0 Å². The largest absolute Gasteiger partial charge is 0.257 e. The van der Waals surface area contributed by atoms with Gasteiger partial charge in [0.15, 0.2) is 0 Å². The third-order valence-electron chi connectivity index (χ3n) is 2.28. The van der Waals surface area contributed by atoms with Gasteiger partial charge in [0.2, 0.25) is 0 Å². The molecule has 1 nitrogen and oxygen atoms in total. The minimum Gasteiger partial charge on any atom is -0.257 e. The third-order valence-corrected chi connectivity index (χ3v) is 2.28. The molecular weight excluding hydrogens is 254 g/mol. The molecule has 0 aliphatic carbocycles. The number of hydrogen-bond acceptors (Lipinski definition) is 1. The molecule has 0 aliphatic heterocycles. The van der Waals surface area contributed by atoms with Gasteiger partial charge in [-0.2, -0.15) is 0 Å². The molecule has 0 radical (unpaired) electrons. The molecule has 0 aliphatic rings. The lowest BCUT2D eigenvalue weighted by atomic mass is 10.2. The van der Waals surface area contributed by atoms with Gasteiger partial charge in [-0.05, 0) is 30.7 Å². The number of aromatic nitrogens is 1. The van der Waals surface area contributed by atoms with Crippen LogP contribution in [-0.2, 0) is 0 Å². The van der Waals surface area contributed by atoms with Crippen LogP contribution in [0.15, 0.2) is 92.7 Å². The lowest BCUT2D eigenvalue weighted by molar-refractivity contribution is 1.30. The predicted molar refractivity (Wildman–Crippen MR) is 95.9 cm³/mol. The van der Waals surface area contributed by atoms with E-state index in [2.05, 4.69) is 31.3 Å². The van der Waals surface area contributed by atoms with Gasteiger partial charge in [0.1, 0.15) is 0 Å². The molecule has 1 heterocycles. The lowest BCUT2D eigenvalue weighted by Crippen LogP contribution is -1.73. The smallest absolute Gasteiger partial charge is 0.0623 e. The highest BCUT2D eigenvalue weighted by Crippen LogP contribution is 1.97. The van der Waals surface area contributed by atoms with Crippen molar-refractivity contribution < 1.29 is 0 Å². The third kappa shape index (κ3) is 10.9. The van der Waals surface area contributed by atoms with Crippen LogP contribution in [0.2, 0.25) is 0 Å². The first kappa shape index (κ1) is 18.3. The molecule has 1 aromatic heterocycles. The number of benzene rings is 1. The molecule has 0 saturated heterocycles. The summed E-state index contributed by atoms with van der Waals surface area (Å²) in [5, 5.41) is 0. The van der Waals surface area contributed by atoms with E-state index in [0.717, 1.165) is 11.3 Å². The maximum Gasteiger partial charge on any atom is 0.0623 e. The molecule has 1 heteroatoms. The standard InChI is InChI=1S/C8H8.C7H7N.C5H8/c1-2-8-6-4-3-5-7-8;1-2-7-5-3-4-6-8-7;1-4-5(2)3/h2-7H,1H2;2-6H,1H2;4H,1-2H2,3H3. The van der Waals surface area contributed by atoms with Gasteiger partial charge in [0.05, 0.1) is 5.69 Å². The quantitative estimate of drug-likeness (QED) is 0.646. The first-order chi connectivity index (χ1) is 10.1. The highest BCUT2D eigenvalue weighted by Gasteiger charge is 1.77. The Kier molecular flexibility index (Phi) is 10.8. The highest BCUT2D eigenvalue weighted by molar-refractivity contribution is 5.45. The van der Waals surface area contributed by atoms with Crippen molar-refractivity contribution >= 4 is 12.2 Å². The number of allylic oxidation sites excluding steroid dienone is 2. The van der Waals surface area contributed by atoms with Crippen LogP contribution in [0, 0.1) is 0 Å². The first-order valence-corrected chi connectivity index (χ1v) is 6.63. The summed E-state index contributed by atoms with van der Waals surface area (Å²) in [4.78, 5) is 3.98. The zero-order valence-electron chi connectivity index (χ0n) is 12.7. The summed E-state index contributed by atoms with van der Waals surface area (Å²) in [5.41, 5.74) is 3.12. The van der Waals surface area contributed by atoms with Crippen LogP contribution in [-0.4, -0.2) is 4.98 Å². The van der Waals surface area contributed by atoms with Crippen molar-refractivity contribution in [2.75, 3.05) is 0 Å². The molecule has 108 valence electrons. The fourth-order valence-corrected chi connectivity index (χ4v) is 1.09. The van der Waals surface area contributed by atoms with Gasteiger partial charge in [0, 0.05) is 6.20 Å². The second-order valence-corrected chi connectivity index (χ2v) is 4.12. The van der Waals surface area contributed by atoms with Gasteiger partial charge < -0.3 is 0 Å². The van der Waals surface area contributed by atoms with Crippen LogP contribution in [0.4, 0.5) is 0 Å². The molecule has 0 bridgehead atoms. The van der Waals surface area contributed by atoms with E-state index >= 15 is 0 Å². The summed E-state index contributed by atoms with van der Waals surface area (Å²) in [6.07, 6.45) is 7.02. The van der Waals surface area contributed by atoms with Crippen molar-refractivity contribution in [2.24, 2.45) is 0 Å². The molecule has 0 unspecified atom stereocenters. The Morgan fingerprint density at radius 3 is 1.76 bits per heavy atom. The average Bonchev–Trinajstić information content (AvgIpc) is 2.57. The van der Waals surface area contributed by atoms with E-state index in [4.69, 9.17) is 0 Å². The summed E-state index contributed by atoms with van der Waals surface area (Å²) in [7, 11) is 0. The van der Waals surface area contributed by atoms with E-state index in [-0.39, 0.29) is 0 Å². The van der Waals surface area contributed by atoms with Gasteiger partial charge in [-0.1, -0.05) is 80.4 Å². The molecule has 21 heavy (non-hydrogen) atoms. The predicted octanol–water partition coefficient (Wildman–Crippen LogP) is 5.80. The minimum absolute atomic E-state index is 0.924. The zero-order chi connectivity index (χ0) is 15.9. The topological polar surface area (TPSA) is 12.9 Å². The Hall–Kier alpha value is -2.67. The Balaban J connectivity index is 0.000000296. The molecule has 0 atom stereocenters.